The first kappa shape index (κ1) is 18.1. The quantitative estimate of drug-likeness (QED) is 0.658. The number of aromatic nitrogens is 1. The van der Waals surface area contributed by atoms with Gasteiger partial charge in [0.2, 0.25) is 5.91 Å². The predicted octanol–water partition coefficient (Wildman–Crippen LogP) is 4.74. The Hall–Kier alpha value is -2.69. The number of hydrogen-bond donors (Lipinski definition) is 2. The van der Waals surface area contributed by atoms with E-state index in [4.69, 9.17) is 0 Å². The number of halogens is 2. The van der Waals surface area contributed by atoms with E-state index in [1.165, 1.54) is 12.1 Å². The Morgan fingerprint density at radius 3 is 2.62 bits per heavy atom. The number of carbonyl (C=O) groups excluding carboxylic acids is 1. The summed E-state index contributed by atoms with van der Waals surface area (Å²) < 4.78 is 27.8. The number of para-hydroxylation sites is 1. The summed E-state index contributed by atoms with van der Waals surface area (Å²) in [7, 11) is 0. The molecule has 2 N–H and O–H groups in total. The van der Waals surface area contributed by atoms with Crippen LogP contribution in [0.15, 0.2) is 48.7 Å². The molecule has 0 fully saturated rings. The number of carbonyl (C=O) groups is 1. The highest BCUT2D eigenvalue weighted by atomic mass is 19.1. The maximum Gasteiger partial charge on any atom is 0.220 e. The van der Waals surface area contributed by atoms with Crippen molar-refractivity contribution in [3.8, 4) is 0 Å². The number of rotatable bonds is 6. The molecule has 1 aromatic heterocycles. The first-order chi connectivity index (χ1) is 12.5. The van der Waals surface area contributed by atoms with Gasteiger partial charge in [-0.2, -0.15) is 0 Å². The monoisotopic (exact) mass is 356 g/mol. The van der Waals surface area contributed by atoms with Crippen molar-refractivity contribution >= 4 is 16.8 Å². The number of amides is 1. The second-order valence-corrected chi connectivity index (χ2v) is 6.91. The number of hydrogen-bond acceptors (Lipinski definition) is 1. The van der Waals surface area contributed by atoms with Gasteiger partial charge >= 0.3 is 0 Å². The minimum absolute atomic E-state index is 0.0944. The van der Waals surface area contributed by atoms with Crippen molar-refractivity contribution in [3.63, 3.8) is 0 Å². The molecule has 0 aliphatic rings. The molecule has 0 aliphatic carbocycles. The molecule has 0 radical (unpaired) electrons. The van der Waals surface area contributed by atoms with E-state index in [2.05, 4.69) is 10.3 Å². The van der Waals surface area contributed by atoms with Crippen LogP contribution in [-0.4, -0.2) is 17.4 Å². The van der Waals surface area contributed by atoms with E-state index in [9.17, 15) is 13.6 Å². The SMILES string of the molecule is CC(C)CNC(=O)C[C@@H](c1ccc(F)cc1F)c1c[nH]c2ccccc12. The average Bonchev–Trinajstić information content (AvgIpc) is 3.02. The fourth-order valence-corrected chi connectivity index (χ4v) is 3.13. The molecular formula is C21H22F2N2O. The standard InChI is InChI=1S/C21H22F2N2O/c1-13(2)11-25-21(26)10-17(15-8-7-14(22)9-19(15)23)18-12-24-20-6-4-3-5-16(18)20/h3-9,12-13,17,24H,10-11H2,1-2H3,(H,25,26)/t17-/m0/s1. The molecule has 0 spiro atoms. The fourth-order valence-electron chi connectivity index (χ4n) is 3.13. The van der Waals surface area contributed by atoms with Gasteiger partial charge in [0.1, 0.15) is 11.6 Å². The third-order valence-corrected chi connectivity index (χ3v) is 4.43. The second kappa shape index (κ2) is 7.68. The Kier molecular flexibility index (Phi) is 5.35. The molecule has 3 rings (SSSR count). The molecule has 0 aliphatic heterocycles. The number of benzene rings is 2. The van der Waals surface area contributed by atoms with Crippen LogP contribution in [0.1, 0.15) is 37.3 Å². The number of H-pyrrole nitrogens is 1. The molecular weight excluding hydrogens is 334 g/mol. The van der Waals surface area contributed by atoms with Gasteiger partial charge in [-0.3, -0.25) is 4.79 Å². The molecule has 0 unspecified atom stereocenters. The summed E-state index contributed by atoms with van der Waals surface area (Å²) in [5.74, 6) is -1.60. The summed E-state index contributed by atoms with van der Waals surface area (Å²) in [5.41, 5.74) is 2.05. The maximum absolute atomic E-state index is 14.5. The van der Waals surface area contributed by atoms with Crippen LogP contribution in [-0.2, 0) is 4.79 Å². The average molecular weight is 356 g/mol. The Morgan fingerprint density at radius 2 is 1.88 bits per heavy atom. The lowest BCUT2D eigenvalue weighted by atomic mass is 9.87. The van der Waals surface area contributed by atoms with Gasteiger partial charge in [0.15, 0.2) is 0 Å². The van der Waals surface area contributed by atoms with Crippen LogP contribution in [0.25, 0.3) is 10.9 Å². The van der Waals surface area contributed by atoms with Gasteiger partial charge in [-0.1, -0.05) is 38.1 Å². The van der Waals surface area contributed by atoms with E-state index < -0.39 is 17.6 Å². The molecule has 136 valence electrons. The largest absolute Gasteiger partial charge is 0.361 e. The van der Waals surface area contributed by atoms with Crippen LogP contribution in [0.3, 0.4) is 0 Å². The third-order valence-electron chi connectivity index (χ3n) is 4.43. The highest BCUT2D eigenvalue weighted by Crippen LogP contribution is 2.34. The zero-order valence-electron chi connectivity index (χ0n) is 14.9. The molecule has 1 amide bonds. The van der Waals surface area contributed by atoms with Crippen molar-refractivity contribution in [3.05, 3.63) is 71.4 Å². The Morgan fingerprint density at radius 1 is 1.12 bits per heavy atom. The molecule has 0 saturated heterocycles. The lowest BCUT2D eigenvalue weighted by Gasteiger charge is -2.18. The second-order valence-electron chi connectivity index (χ2n) is 6.91. The topological polar surface area (TPSA) is 44.9 Å². The molecule has 1 heterocycles. The zero-order chi connectivity index (χ0) is 18.7. The third kappa shape index (κ3) is 3.93. The normalized spacial score (nSPS) is 12.5. The van der Waals surface area contributed by atoms with E-state index >= 15 is 0 Å². The minimum atomic E-state index is -0.642. The minimum Gasteiger partial charge on any atom is -0.361 e. The van der Waals surface area contributed by atoms with Gasteiger partial charge in [-0.15, -0.1) is 0 Å². The molecule has 0 bridgehead atoms. The summed E-state index contributed by atoms with van der Waals surface area (Å²) in [6, 6.07) is 11.2. The van der Waals surface area contributed by atoms with Gasteiger partial charge < -0.3 is 10.3 Å². The van der Waals surface area contributed by atoms with Gasteiger partial charge in [0.25, 0.3) is 0 Å². The van der Waals surface area contributed by atoms with Gasteiger partial charge in [-0.05, 0) is 29.2 Å². The number of nitrogens with one attached hydrogen (secondary N) is 2. The van der Waals surface area contributed by atoms with Crippen molar-refractivity contribution in [2.75, 3.05) is 6.54 Å². The first-order valence-corrected chi connectivity index (χ1v) is 8.73. The van der Waals surface area contributed by atoms with Crippen LogP contribution >= 0.6 is 0 Å². The van der Waals surface area contributed by atoms with Gasteiger partial charge in [0, 0.05) is 42.0 Å². The van der Waals surface area contributed by atoms with Crippen LogP contribution in [0, 0.1) is 17.6 Å². The maximum atomic E-state index is 14.5. The van der Waals surface area contributed by atoms with Crippen molar-refractivity contribution in [2.24, 2.45) is 5.92 Å². The first-order valence-electron chi connectivity index (χ1n) is 8.73. The van der Waals surface area contributed by atoms with Crippen molar-refractivity contribution in [1.82, 2.24) is 10.3 Å². The molecule has 3 nitrogen and oxygen atoms in total. The lowest BCUT2D eigenvalue weighted by Crippen LogP contribution is -2.29. The highest BCUT2D eigenvalue weighted by molar-refractivity contribution is 5.86. The van der Waals surface area contributed by atoms with Crippen LogP contribution in [0.5, 0.6) is 0 Å². The van der Waals surface area contributed by atoms with Crippen LogP contribution in [0.4, 0.5) is 8.78 Å². The fraction of sp³-hybridized carbons (Fsp3) is 0.286. The highest BCUT2D eigenvalue weighted by Gasteiger charge is 2.24. The summed E-state index contributed by atoms with van der Waals surface area (Å²) >= 11 is 0. The van der Waals surface area contributed by atoms with Gasteiger partial charge in [-0.25, -0.2) is 8.78 Å². The van der Waals surface area contributed by atoms with Crippen LogP contribution < -0.4 is 5.32 Å². The van der Waals surface area contributed by atoms with E-state index in [0.717, 1.165) is 22.5 Å². The summed E-state index contributed by atoms with van der Waals surface area (Å²) in [6.07, 6.45) is 1.89. The zero-order valence-corrected chi connectivity index (χ0v) is 14.9. The Balaban J connectivity index is 2.00. The van der Waals surface area contributed by atoms with Crippen LogP contribution in [0.2, 0.25) is 0 Å². The Labute approximate surface area is 151 Å². The van der Waals surface area contributed by atoms with E-state index in [1.54, 1.807) is 6.20 Å². The smallest absolute Gasteiger partial charge is 0.220 e. The predicted molar refractivity (Wildman–Crippen MR) is 99.0 cm³/mol. The summed E-state index contributed by atoms with van der Waals surface area (Å²) in [4.78, 5) is 15.6. The molecule has 0 saturated carbocycles. The van der Waals surface area contributed by atoms with E-state index in [0.29, 0.717) is 18.0 Å². The van der Waals surface area contributed by atoms with E-state index in [-0.39, 0.29) is 12.3 Å². The Bertz CT molecular complexity index is 917. The summed E-state index contributed by atoms with van der Waals surface area (Å²) in [5, 5.41) is 3.81. The van der Waals surface area contributed by atoms with Crippen molar-refractivity contribution < 1.29 is 13.6 Å². The molecule has 2 aromatic carbocycles. The van der Waals surface area contributed by atoms with Crippen molar-refractivity contribution in [2.45, 2.75) is 26.2 Å². The number of aromatic amines is 1. The van der Waals surface area contributed by atoms with Gasteiger partial charge in [0.05, 0.1) is 0 Å². The lowest BCUT2D eigenvalue weighted by molar-refractivity contribution is -0.121. The number of fused-ring (bicyclic) bond motifs is 1. The van der Waals surface area contributed by atoms with E-state index in [1.807, 2.05) is 38.1 Å². The van der Waals surface area contributed by atoms with Crippen molar-refractivity contribution in [1.29, 1.82) is 0 Å². The summed E-state index contributed by atoms with van der Waals surface area (Å²) in [6.45, 7) is 4.58. The molecule has 5 heteroatoms. The molecule has 26 heavy (non-hydrogen) atoms. The molecule has 1 atom stereocenters. The molecule has 3 aromatic rings.